The Hall–Kier alpha value is -2.15. The van der Waals surface area contributed by atoms with Crippen molar-refractivity contribution in [2.75, 3.05) is 18.9 Å². The Morgan fingerprint density at radius 3 is 2.81 bits per heavy atom. The van der Waals surface area contributed by atoms with E-state index < -0.39 is 10.9 Å². The Bertz CT molecular complexity index is 561. The van der Waals surface area contributed by atoms with Crippen LogP contribution in [0.15, 0.2) is 18.2 Å². The van der Waals surface area contributed by atoms with E-state index in [0.717, 1.165) is 25.5 Å². The van der Waals surface area contributed by atoms with Gasteiger partial charge in [-0.3, -0.25) is 10.1 Å². The third kappa shape index (κ3) is 3.49. The summed E-state index contributed by atoms with van der Waals surface area (Å²) in [5.74, 6) is -1.17. The van der Waals surface area contributed by atoms with Crippen molar-refractivity contribution in [2.45, 2.75) is 31.8 Å². The lowest BCUT2D eigenvalue weighted by Crippen LogP contribution is -2.42. The first kappa shape index (κ1) is 15.2. The summed E-state index contributed by atoms with van der Waals surface area (Å²) < 4.78 is 0. The molecule has 0 bridgehead atoms. The first-order valence-corrected chi connectivity index (χ1v) is 6.87. The van der Waals surface area contributed by atoms with Crippen molar-refractivity contribution in [1.29, 1.82) is 0 Å². The number of piperidine rings is 1. The van der Waals surface area contributed by atoms with Crippen LogP contribution in [0, 0.1) is 10.1 Å². The molecular weight excluding hydrogens is 274 g/mol. The summed E-state index contributed by atoms with van der Waals surface area (Å²) in [6, 6.07) is 4.53. The minimum Gasteiger partial charge on any atom is -0.478 e. The molecule has 114 valence electrons. The van der Waals surface area contributed by atoms with Crippen molar-refractivity contribution < 1.29 is 14.8 Å². The first-order chi connectivity index (χ1) is 9.88. The lowest BCUT2D eigenvalue weighted by Gasteiger charge is -2.35. The number of hydrogen-bond donors (Lipinski definition) is 2. The Morgan fingerprint density at radius 1 is 1.52 bits per heavy atom. The van der Waals surface area contributed by atoms with Gasteiger partial charge in [0.2, 0.25) is 0 Å². The maximum atomic E-state index is 11.1. The van der Waals surface area contributed by atoms with Crippen LogP contribution in [0.5, 0.6) is 0 Å². The predicted molar refractivity (Wildman–Crippen MR) is 78.8 cm³/mol. The fraction of sp³-hybridized carbons (Fsp3) is 0.500. The quantitative estimate of drug-likeness (QED) is 0.652. The molecule has 21 heavy (non-hydrogen) atoms. The number of benzene rings is 1. The summed E-state index contributed by atoms with van der Waals surface area (Å²) in [5.41, 5.74) is 0.109. The summed E-state index contributed by atoms with van der Waals surface area (Å²) in [6.07, 6.45) is 1.80. The van der Waals surface area contributed by atoms with E-state index in [-0.39, 0.29) is 17.3 Å². The molecule has 1 saturated heterocycles. The van der Waals surface area contributed by atoms with Gasteiger partial charge in [-0.1, -0.05) is 0 Å². The summed E-state index contributed by atoms with van der Waals surface area (Å²) >= 11 is 0. The van der Waals surface area contributed by atoms with Crippen molar-refractivity contribution in [1.82, 2.24) is 4.90 Å². The lowest BCUT2D eigenvalue weighted by atomic mass is 9.98. The highest BCUT2D eigenvalue weighted by atomic mass is 16.6. The van der Waals surface area contributed by atoms with Gasteiger partial charge < -0.3 is 15.3 Å². The Balaban J connectivity index is 2.19. The maximum absolute atomic E-state index is 11.1. The molecule has 1 fully saturated rings. The summed E-state index contributed by atoms with van der Waals surface area (Å²) in [5, 5.41) is 23.2. The largest absolute Gasteiger partial charge is 0.478 e. The monoisotopic (exact) mass is 293 g/mol. The molecule has 0 amide bonds. The van der Waals surface area contributed by atoms with Crippen LogP contribution < -0.4 is 5.32 Å². The van der Waals surface area contributed by atoms with Gasteiger partial charge in [0.15, 0.2) is 0 Å². The molecule has 0 aromatic heterocycles. The normalized spacial score (nSPS) is 22.8. The molecule has 0 saturated carbocycles. The van der Waals surface area contributed by atoms with Gasteiger partial charge >= 0.3 is 5.97 Å². The van der Waals surface area contributed by atoms with Crippen LogP contribution in [0.4, 0.5) is 11.4 Å². The van der Waals surface area contributed by atoms with E-state index in [4.69, 9.17) is 5.11 Å². The number of nitrogens with one attached hydrogen (secondary N) is 1. The molecule has 0 radical (unpaired) electrons. The molecular formula is C14H19N3O4. The molecule has 7 nitrogen and oxygen atoms in total. The Labute approximate surface area is 122 Å². The van der Waals surface area contributed by atoms with Crippen LogP contribution in [0.3, 0.4) is 0 Å². The lowest BCUT2D eigenvalue weighted by molar-refractivity contribution is -0.384. The zero-order valence-electron chi connectivity index (χ0n) is 12.1. The van der Waals surface area contributed by atoms with Gasteiger partial charge in [0.1, 0.15) is 5.69 Å². The molecule has 1 aromatic carbocycles. The second-order valence-corrected chi connectivity index (χ2v) is 5.49. The molecule has 7 heteroatoms. The van der Waals surface area contributed by atoms with Crippen molar-refractivity contribution >= 4 is 17.3 Å². The number of hydrogen-bond acceptors (Lipinski definition) is 5. The van der Waals surface area contributed by atoms with E-state index >= 15 is 0 Å². The van der Waals surface area contributed by atoms with E-state index in [9.17, 15) is 14.9 Å². The van der Waals surface area contributed by atoms with Crippen LogP contribution in [0.1, 0.15) is 30.1 Å². The number of nitrogens with zero attached hydrogens (tertiary/aromatic N) is 2. The number of likely N-dealkylation sites (tertiary alicyclic amines) is 1. The van der Waals surface area contributed by atoms with Crippen molar-refractivity contribution in [3.05, 3.63) is 33.9 Å². The number of aromatic carboxylic acids is 1. The highest BCUT2D eigenvalue weighted by Gasteiger charge is 2.25. The molecule has 2 N–H and O–H groups in total. The highest BCUT2D eigenvalue weighted by molar-refractivity contribution is 5.89. The number of carboxylic acids is 1. The maximum Gasteiger partial charge on any atom is 0.335 e. The minimum atomic E-state index is -1.17. The van der Waals surface area contributed by atoms with Crippen LogP contribution in [0.25, 0.3) is 0 Å². The number of rotatable bonds is 4. The average Bonchev–Trinajstić information content (AvgIpc) is 2.43. The van der Waals surface area contributed by atoms with E-state index in [2.05, 4.69) is 24.2 Å². The zero-order valence-corrected chi connectivity index (χ0v) is 12.1. The van der Waals surface area contributed by atoms with E-state index in [1.54, 1.807) is 0 Å². The molecule has 2 unspecified atom stereocenters. The van der Waals surface area contributed by atoms with Gasteiger partial charge in [-0.2, -0.15) is 0 Å². The topological polar surface area (TPSA) is 95.7 Å². The molecule has 1 aliphatic rings. The van der Waals surface area contributed by atoms with Crippen molar-refractivity contribution in [2.24, 2.45) is 0 Å². The minimum absolute atomic E-state index is 0.0796. The van der Waals surface area contributed by atoms with Crippen LogP contribution in [0.2, 0.25) is 0 Å². The summed E-state index contributed by atoms with van der Waals surface area (Å²) in [6.45, 7) is 3.05. The average molecular weight is 293 g/mol. The summed E-state index contributed by atoms with van der Waals surface area (Å²) in [7, 11) is 2.06. The van der Waals surface area contributed by atoms with Gasteiger partial charge in [0.05, 0.1) is 10.5 Å². The van der Waals surface area contributed by atoms with Crippen LogP contribution in [-0.4, -0.2) is 46.6 Å². The Morgan fingerprint density at radius 2 is 2.24 bits per heavy atom. The van der Waals surface area contributed by atoms with E-state index in [1.165, 1.54) is 12.1 Å². The second kappa shape index (κ2) is 6.09. The number of carbonyl (C=O) groups is 1. The van der Waals surface area contributed by atoms with E-state index in [1.807, 2.05) is 0 Å². The standard InChI is InChI=1S/C14H19N3O4/c1-9-7-11(5-6-16(9)2)15-12-4-3-10(14(18)19)8-13(12)17(20)21/h3-4,8-9,11,15H,5-7H2,1-2H3,(H,18,19). The molecule has 1 heterocycles. The van der Waals surface area contributed by atoms with Gasteiger partial charge in [-0.05, 0) is 38.9 Å². The summed E-state index contributed by atoms with van der Waals surface area (Å²) in [4.78, 5) is 23.7. The van der Waals surface area contributed by atoms with Crippen molar-refractivity contribution in [3.63, 3.8) is 0 Å². The zero-order chi connectivity index (χ0) is 15.6. The third-order valence-electron chi connectivity index (χ3n) is 4.01. The fourth-order valence-corrected chi connectivity index (χ4v) is 2.58. The second-order valence-electron chi connectivity index (χ2n) is 5.49. The number of nitro benzene ring substituents is 1. The molecule has 1 aromatic rings. The number of nitro groups is 1. The highest BCUT2D eigenvalue weighted by Crippen LogP contribution is 2.28. The third-order valence-corrected chi connectivity index (χ3v) is 4.01. The number of anilines is 1. The van der Waals surface area contributed by atoms with Gasteiger partial charge in [0, 0.05) is 24.7 Å². The van der Waals surface area contributed by atoms with E-state index in [0.29, 0.717) is 11.7 Å². The van der Waals surface area contributed by atoms with Gasteiger partial charge in [0.25, 0.3) is 5.69 Å². The molecule has 0 aliphatic carbocycles. The van der Waals surface area contributed by atoms with Gasteiger partial charge in [-0.15, -0.1) is 0 Å². The number of carboxylic acid groups (broad SMARTS) is 1. The molecule has 1 aliphatic heterocycles. The predicted octanol–water partition coefficient (Wildman–Crippen LogP) is 2.19. The van der Waals surface area contributed by atoms with Crippen LogP contribution >= 0.6 is 0 Å². The van der Waals surface area contributed by atoms with Crippen molar-refractivity contribution in [3.8, 4) is 0 Å². The smallest absolute Gasteiger partial charge is 0.335 e. The first-order valence-electron chi connectivity index (χ1n) is 6.87. The molecule has 0 spiro atoms. The molecule has 2 rings (SSSR count). The SMILES string of the molecule is CC1CC(Nc2ccc(C(=O)O)cc2[N+](=O)[O-])CCN1C. The Kier molecular flexibility index (Phi) is 4.42. The molecule has 2 atom stereocenters. The van der Waals surface area contributed by atoms with Gasteiger partial charge in [-0.25, -0.2) is 4.79 Å². The van der Waals surface area contributed by atoms with Crippen LogP contribution in [-0.2, 0) is 0 Å². The fourth-order valence-electron chi connectivity index (χ4n) is 2.58.